The van der Waals surface area contributed by atoms with E-state index in [1.807, 2.05) is 6.92 Å². The summed E-state index contributed by atoms with van der Waals surface area (Å²) in [5.41, 5.74) is 1.03. The fourth-order valence-electron chi connectivity index (χ4n) is 2.32. The van der Waals surface area contributed by atoms with Gasteiger partial charge in [0.1, 0.15) is 5.70 Å². The van der Waals surface area contributed by atoms with Crippen LogP contribution in [0.1, 0.15) is 26.7 Å². The zero-order chi connectivity index (χ0) is 10.5. The Morgan fingerprint density at radius 2 is 2.21 bits per heavy atom. The van der Waals surface area contributed by atoms with Crippen LogP contribution in [0, 0.1) is 5.92 Å². The van der Waals surface area contributed by atoms with Gasteiger partial charge in [-0.1, -0.05) is 6.92 Å². The van der Waals surface area contributed by atoms with E-state index < -0.39 is 5.97 Å². The van der Waals surface area contributed by atoms with Gasteiger partial charge in [-0.3, -0.25) is 4.79 Å². The molecule has 0 radical (unpaired) electrons. The number of carbonyl (C=O) groups excluding carboxylic acids is 1. The Bertz CT molecular complexity index is 345. The summed E-state index contributed by atoms with van der Waals surface area (Å²) in [6.07, 6.45) is 1.69. The molecule has 1 fully saturated rings. The molecular formula is C10H13NO3. The number of fused-ring (bicyclic) bond motifs is 1. The summed E-state index contributed by atoms with van der Waals surface area (Å²) in [5, 5.41) is 8.98. The molecule has 0 spiro atoms. The van der Waals surface area contributed by atoms with Crippen LogP contribution in [0.3, 0.4) is 0 Å². The summed E-state index contributed by atoms with van der Waals surface area (Å²) < 4.78 is 0. The monoisotopic (exact) mass is 195 g/mol. The van der Waals surface area contributed by atoms with Crippen molar-refractivity contribution in [1.29, 1.82) is 0 Å². The van der Waals surface area contributed by atoms with Crippen LogP contribution in [-0.2, 0) is 9.59 Å². The third kappa shape index (κ3) is 0.997. The topological polar surface area (TPSA) is 57.6 Å². The standard InChI is InChI=1S/C10H13NO3/c1-5-3-4-7-6(2)9(12)11(7)8(5)10(13)14/h6-7H,3-4H2,1-2H3,(H,13,14)/t6?,7-/m1/s1. The highest BCUT2D eigenvalue weighted by Gasteiger charge is 2.49. The average Bonchev–Trinajstić information content (AvgIpc) is 2.15. The van der Waals surface area contributed by atoms with Gasteiger partial charge in [0, 0.05) is 6.04 Å². The molecular weight excluding hydrogens is 182 g/mol. The first-order valence-corrected chi connectivity index (χ1v) is 4.80. The van der Waals surface area contributed by atoms with Crippen molar-refractivity contribution in [3.63, 3.8) is 0 Å². The van der Waals surface area contributed by atoms with Crippen molar-refractivity contribution in [3.8, 4) is 0 Å². The van der Waals surface area contributed by atoms with E-state index in [9.17, 15) is 9.59 Å². The summed E-state index contributed by atoms with van der Waals surface area (Å²) >= 11 is 0. The van der Waals surface area contributed by atoms with Crippen molar-refractivity contribution in [2.75, 3.05) is 0 Å². The number of amides is 1. The SMILES string of the molecule is CC1=C(C(=O)O)N2C(=O)C(C)[C@H]2CC1. The van der Waals surface area contributed by atoms with Gasteiger partial charge >= 0.3 is 5.97 Å². The quantitative estimate of drug-likeness (QED) is 0.635. The molecule has 14 heavy (non-hydrogen) atoms. The number of allylic oxidation sites excluding steroid dienone is 1. The van der Waals surface area contributed by atoms with E-state index in [-0.39, 0.29) is 23.6 Å². The van der Waals surface area contributed by atoms with E-state index in [2.05, 4.69) is 0 Å². The maximum Gasteiger partial charge on any atom is 0.352 e. The van der Waals surface area contributed by atoms with E-state index in [4.69, 9.17) is 5.11 Å². The number of carbonyl (C=O) groups is 2. The van der Waals surface area contributed by atoms with Crippen molar-refractivity contribution < 1.29 is 14.7 Å². The predicted molar refractivity (Wildman–Crippen MR) is 49.4 cm³/mol. The number of nitrogens with zero attached hydrogens (tertiary/aromatic N) is 1. The highest BCUT2D eigenvalue weighted by molar-refractivity contribution is 5.98. The van der Waals surface area contributed by atoms with E-state index in [0.29, 0.717) is 0 Å². The lowest BCUT2D eigenvalue weighted by atomic mass is 9.80. The maximum atomic E-state index is 11.5. The summed E-state index contributed by atoms with van der Waals surface area (Å²) in [6, 6.07) is 0.122. The van der Waals surface area contributed by atoms with Crippen molar-refractivity contribution in [1.82, 2.24) is 4.90 Å². The molecule has 4 heteroatoms. The minimum Gasteiger partial charge on any atom is -0.477 e. The van der Waals surface area contributed by atoms with Crippen molar-refractivity contribution >= 4 is 11.9 Å². The molecule has 2 atom stereocenters. The van der Waals surface area contributed by atoms with E-state index in [1.54, 1.807) is 6.92 Å². The van der Waals surface area contributed by atoms with Gasteiger partial charge in [-0.05, 0) is 25.3 Å². The van der Waals surface area contributed by atoms with Gasteiger partial charge in [0.2, 0.25) is 5.91 Å². The molecule has 2 heterocycles. The molecule has 1 N–H and O–H groups in total. The summed E-state index contributed by atoms with van der Waals surface area (Å²) in [4.78, 5) is 23.9. The van der Waals surface area contributed by atoms with Crippen LogP contribution < -0.4 is 0 Å². The lowest BCUT2D eigenvalue weighted by molar-refractivity contribution is -0.157. The van der Waals surface area contributed by atoms with Crippen molar-refractivity contribution in [3.05, 3.63) is 11.3 Å². The molecule has 4 nitrogen and oxygen atoms in total. The Kier molecular flexibility index (Phi) is 1.87. The van der Waals surface area contributed by atoms with Crippen molar-refractivity contribution in [2.45, 2.75) is 32.7 Å². The van der Waals surface area contributed by atoms with Gasteiger partial charge in [-0.15, -0.1) is 0 Å². The molecule has 0 aliphatic carbocycles. The lowest BCUT2D eigenvalue weighted by Gasteiger charge is -2.48. The second-order valence-electron chi connectivity index (χ2n) is 4.04. The van der Waals surface area contributed by atoms with Crippen LogP contribution in [0.15, 0.2) is 11.3 Å². The summed E-state index contributed by atoms with van der Waals surface area (Å²) in [7, 11) is 0. The molecule has 1 amide bonds. The normalized spacial score (nSPS) is 31.3. The second-order valence-corrected chi connectivity index (χ2v) is 4.04. The summed E-state index contributed by atoms with van der Waals surface area (Å²) in [6.45, 7) is 3.65. The maximum absolute atomic E-state index is 11.5. The van der Waals surface area contributed by atoms with E-state index in [1.165, 1.54) is 4.90 Å². The number of β-lactam (4-membered cyclic amide) rings is 1. The van der Waals surface area contributed by atoms with Crippen LogP contribution in [0.5, 0.6) is 0 Å². The van der Waals surface area contributed by atoms with E-state index in [0.717, 1.165) is 18.4 Å². The van der Waals surface area contributed by atoms with Gasteiger partial charge in [0.15, 0.2) is 0 Å². The Morgan fingerprint density at radius 3 is 2.79 bits per heavy atom. The smallest absolute Gasteiger partial charge is 0.352 e. The molecule has 0 aromatic rings. The lowest BCUT2D eigenvalue weighted by Crippen LogP contribution is -2.61. The van der Waals surface area contributed by atoms with Gasteiger partial charge in [0.05, 0.1) is 5.92 Å². The zero-order valence-corrected chi connectivity index (χ0v) is 8.28. The number of aliphatic carboxylic acids is 1. The van der Waals surface area contributed by atoms with Crippen LogP contribution in [0.25, 0.3) is 0 Å². The number of hydrogen-bond acceptors (Lipinski definition) is 2. The Hall–Kier alpha value is -1.32. The van der Waals surface area contributed by atoms with E-state index >= 15 is 0 Å². The van der Waals surface area contributed by atoms with Crippen LogP contribution in [0.2, 0.25) is 0 Å². The zero-order valence-electron chi connectivity index (χ0n) is 8.28. The highest BCUT2D eigenvalue weighted by Crippen LogP contribution is 2.39. The minimum absolute atomic E-state index is 0.00236. The molecule has 1 saturated heterocycles. The van der Waals surface area contributed by atoms with Gasteiger partial charge in [-0.2, -0.15) is 0 Å². The van der Waals surface area contributed by atoms with Crippen LogP contribution in [-0.4, -0.2) is 27.9 Å². The first kappa shape index (κ1) is 9.24. The third-order valence-corrected chi connectivity index (χ3v) is 3.20. The Labute approximate surface area is 82.2 Å². The molecule has 2 aliphatic heterocycles. The number of hydrogen-bond donors (Lipinski definition) is 1. The first-order chi connectivity index (χ1) is 6.54. The molecule has 0 saturated carbocycles. The molecule has 0 aromatic heterocycles. The van der Waals surface area contributed by atoms with Crippen LogP contribution >= 0.6 is 0 Å². The van der Waals surface area contributed by atoms with Gasteiger partial charge < -0.3 is 10.0 Å². The predicted octanol–water partition coefficient (Wildman–Crippen LogP) is 0.986. The van der Waals surface area contributed by atoms with Crippen LogP contribution in [0.4, 0.5) is 0 Å². The largest absolute Gasteiger partial charge is 0.477 e. The molecule has 2 aliphatic rings. The third-order valence-electron chi connectivity index (χ3n) is 3.20. The second kappa shape index (κ2) is 2.83. The summed E-state index contributed by atoms with van der Waals surface area (Å²) in [5.74, 6) is -1.03. The molecule has 0 bridgehead atoms. The molecule has 1 unspecified atom stereocenters. The Morgan fingerprint density at radius 1 is 1.57 bits per heavy atom. The molecule has 2 rings (SSSR count). The molecule has 76 valence electrons. The number of carboxylic acid groups (broad SMARTS) is 1. The van der Waals surface area contributed by atoms with Gasteiger partial charge in [-0.25, -0.2) is 4.79 Å². The average molecular weight is 195 g/mol. The molecule has 0 aromatic carbocycles. The minimum atomic E-state index is -0.979. The van der Waals surface area contributed by atoms with Gasteiger partial charge in [0.25, 0.3) is 0 Å². The highest BCUT2D eigenvalue weighted by atomic mass is 16.4. The fourth-order valence-corrected chi connectivity index (χ4v) is 2.32. The Balaban J connectivity index is 2.37. The number of rotatable bonds is 1. The van der Waals surface area contributed by atoms with Crippen molar-refractivity contribution in [2.24, 2.45) is 5.92 Å². The first-order valence-electron chi connectivity index (χ1n) is 4.80. The fraction of sp³-hybridized carbons (Fsp3) is 0.600. The number of carboxylic acids is 1.